The van der Waals surface area contributed by atoms with Crippen LogP contribution in [0.4, 0.5) is 5.69 Å². The Labute approximate surface area is 181 Å². The number of nitrogens with one attached hydrogen (secondary N) is 2. The quantitative estimate of drug-likeness (QED) is 0.404. The molecule has 1 aromatic rings. The topological polar surface area (TPSA) is 114 Å². The molecule has 9 heteroatoms. The fraction of sp³-hybridized carbons (Fsp3) is 0.545. The summed E-state index contributed by atoms with van der Waals surface area (Å²) in [4.78, 5) is 50.3. The van der Waals surface area contributed by atoms with Crippen molar-refractivity contribution < 1.29 is 28.7 Å². The van der Waals surface area contributed by atoms with Gasteiger partial charge in [-0.25, -0.2) is 0 Å². The van der Waals surface area contributed by atoms with E-state index in [4.69, 9.17) is 9.47 Å². The number of anilines is 1. The first-order valence-corrected chi connectivity index (χ1v) is 10.6. The Morgan fingerprint density at radius 2 is 1.81 bits per heavy atom. The molecule has 2 aliphatic heterocycles. The molecule has 1 fully saturated rings. The molecule has 9 nitrogen and oxygen atoms in total. The minimum atomic E-state index is -0.975. The van der Waals surface area contributed by atoms with Gasteiger partial charge in [0.2, 0.25) is 11.8 Å². The molecule has 0 bridgehead atoms. The SMILES string of the molecule is CC(C)CCOCCOCCNc1cccc2c1C(=O)N(C1CCC(=O)NC1=O)C2=O. The summed E-state index contributed by atoms with van der Waals surface area (Å²) >= 11 is 0. The molecule has 2 aliphatic rings. The second kappa shape index (κ2) is 10.5. The van der Waals surface area contributed by atoms with E-state index in [1.807, 2.05) is 0 Å². The molecule has 0 radical (unpaired) electrons. The highest BCUT2D eigenvalue weighted by Gasteiger charge is 2.45. The molecule has 1 saturated heterocycles. The first-order chi connectivity index (χ1) is 14.9. The number of hydrogen-bond acceptors (Lipinski definition) is 7. The van der Waals surface area contributed by atoms with Crippen LogP contribution in [0.25, 0.3) is 0 Å². The van der Waals surface area contributed by atoms with Gasteiger partial charge in [0, 0.05) is 25.3 Å². The van der Waals surface area contributed by atoms with Crippen molar-refractivity contribution in [2.24, 2.45) is 5.92 Å². The monoisotopic (exact) mass is 431 g/mol. The fourth-order valence-electron chi connectivity index (χ4n) is 3.56. The lowest BCUT2D eigenvalue weighted by Gasteiger charge is -2.27. The van der Waals surface area contributed by atoms with Crippen molar-refractivity contribution in [2.45, 2.75) is 39.2 Å². The van der Waals surface area contributed by atoms with Gasteiger partial charge < -0.3 is 14.8 Å². The zero-order chi connectivity index (χ0) is 22.4. The minimum Gasteiger partial charge on any atom is -0.382 e. The normalized spacial score (nSPS) is 18.5. The number of rotatable bonds is 11. The van der Waals surface area contributed by atoms with Crippen LogP contribution in [0.3, 0.4) is 0 Å². The van der Waals surface area contributed by atoms with E-state index in [9.17, 15) is 19.2 Å². The largest absolute Gasteiger partial charge is 0.382 e. The van der Waals surface area contributed by atoms with E-state index in [-0.39, 0.29) is 24.0 Å². The summed E-state index contributed by atoms with van der Waals surface area (Å²) in [5.41, 5.74) is 1.01. The van der Waals surface area contributed by atoms with Crippen molar-refractivity contribution in [2.75, 3.05) is 38.3 Å². The summed E-state index contributed by atoms with van der Waals surface area (Å²) in [6, 6.07) is 3.99. The highest BCUT2D eigenvalue weighted by Crippen LogP contribution is 2.32. The van der Waals surface area contributed by atoms with E-state index in [0.29, 0.717) is 38.0 Å². The Kier molecular flexibility index (Phi) is 7.75. The number of nitrogens with zero attached hydrogens (tertiary/aromatic N) is 1. The van der Waals surface area contributed by atoms with Gasteiger partial charge in [0.1, 0.15) is 6.04 Å². The highest BCUT2D eigenvalue weighted by atomic mass is 16.5. The Bertz CT molecular complexity index is 854. The summed E-state index contributed by atoms with van der Waals surface area (Å²) in [6.07, 6.45) is 1.24. The summed E-state index contributed by atoms with van der Waals surface area (Å²) in [5, 5.41) is 5.33. The lowest BCUT2D eigenvalue weighted by molar-refractivity contribution is -0.136. The third-order valence-electron chi connectivity index (χ3n) is 5.24. The number of imide groups is 2. The number of hydrogen-bond donors (Lipinski definition) is 2. The molecule has 1 atom stereocenters. The Balaban J connectivity index is 1.52. The predicted octanol–water partition coefficient (Wildman–Crippen LogP) is 1.58. The minimum absolute atomic E-state index is 0.0907. The maximum atomic E-state index is 13.0. The average Bonchev–Trinajstić information content (AvgIpc) is 2.98. The third-order valence-corrected chi connectivity index (χ3v) is 5.24. The van der Waals surface area contributed by atoms with Crippen LogP contribution < -0.4 is 10.6 Å². The van der Waals surface area contributed by atoms with Gasteiger partial charge in [0.15, 0.2) is 0 Å². The second-order valence-corrected chi connectivity index (χ2v) is 8.01. The van der Waals surface area contributed by atoms with Crippen LogP contribution in [0.2, 0.25) is 0 Å². The molecule has 31 heavy (non-hydrogen) atoms. The molecule has 1 unspecified atom stereocenters. The van der Waals surface area contributed by atoms with Crippen LogP contribution in [-0.2, 0) is 19.1 Å². The van der Waals surface area contributed by atoms with Gasteiger partial charge in [0.05, 0.1) is 30.9 Å². The number of fused-ring (bicyclic) bond motifs is 1. The van der Waals surface area contributed by atoms with Gasteiger partial charge >= 0.3 is 0 Å². The maximum absolute atomic E-state index is 13.0. The van der Waals surface area contributed by atoms with Gasteiger partial charge in [-0.15, -0.1) is 0 Å². The Hall–Kier alpha value is -2.78. The van der Waals surface area contributed by atoms with E-state index in [1.54, 1.807) is 18.2 Å². The molecule has 0 spiro atoms. The summed E-state index contributed by atoms with van der Waals surface area (Å²) in [7, 11) is 0. The fourth-order valence-corrected chi connectivity index (χ4v) is 3.56. The lowest BCUT2D eigenvalue weighted by atomic mass is 10.0. The van der Waals surface area contributed by atoms with Gasteiger partial charge in [-0.1, -0.05) is 19.9 Å². The number of carbonyl (C=O) groups is 4. The number of amides is 4. The summed E-state index contributed by atoms with van der Waals surface area (Å²) in [6.45, 7) is 6.88. The van der Waals surface area contributed by atoms with Crippen molar-refractivity contribution in [3.8, 4) is 0 Å². The zero-order valence-electron chi connectivity index (χ0n) is 17.9. The molecule has 2 heterocycles. The highest BCUT2D eigenvalue weighted by molar-refractivity contribution is 6.25. The van der Waals surface area contributed by atoms with Crippen LogP contribution in [-0.4, -0.2) is 67.5 Å². The van der Waals surface area contributed by atoms with Crippen LogP contribution in [0.1, 0.15) is 53.8 Å². The summed E-state index contributed by atoms with van der Waals surface area (Å²) < 4.78 is 11.0. The average molecular weight is 431 g/mol. The maximum Gasteiger partial charge on any atom is 0.264 e. The van der Waals surface area contributed by atoms with E-state index < -0.39 is 29.7 Å². The number of carbonyl (C=O) groups excluding carboxylic acids is 4. The van der Waals surface area contributed by atoms with E-state index in [0.717, 1.165) is 17.9 Å². The molecule has 168 valence electrons. The first kappa shape index (κ1) is 22.9. The van der Waals surface area contributed by atoms with Crippen LogP contribution in [0.15, 0.2) is 18.2 Å². The first-order valence-electron chi connectivity index (χ1n) is 10.6. The third kappa shape index (κ3) is 5.48. The van der Waals surface area contributed by atoms with Gasteiger partial charge in [-0.05, 0) is 30.9 Å². The molecule has 0 aromatic heterocycles. The van der Waals surface area contributed by atoms with Crippen LogP contribution in [0, 0.1) is 5.92 Å². The van der Waals surface area contributed by atoms with E-state index in [2.05, 4.69) is 24.5 Å². The van der Waals surface area contributed by atoms with Crippen molar-refractivity contribution >= 4 is 29.3 Å². The van der Waals surface area contributed by atoms with E-state index >= 15 is 0 Å². The summed E-state index contributed by atoms with van der Waals surface area (Å²) in [5.74, 6) is -1.46. The smallest absolute Gasteiger partial charge is 0.264 e. The molecular formula is C22H29N3O6. The Morgan fingerprint density at radius 3 is 2.52 bits per heavy atom. The van der Waals surface area contributed by atoms with Gasteiger partial charge in [0.25, 0.3) is 11.8 Å². The standard InChI is InChI=1S/C22H29N3O6/c1-14(2)8-10-30-12-13-31-11-9-23-16-5-3-4-15-19(16)22(29)25(21(15)28)17-6-7-18(26)24-20(17)27/h3-5,14,17,23H,6-13H2,1-2H3,(H,24,26,27). The zero-order valence-corrected chi connectivity index (χ0v) is 17.9. The molecule has 1 aromatic carbocycles. The molecule has 2 N–H and O–H groups in total. The number of piperidine rings is 1. The van der Waals surface area contributed by atoms with Crippen molar-refractivity contribution in [3.63, 3.8) is 0 Å². The molecular weight excluding hydrogens is 402 g/mol. The van der Waals surface area contributed by atoms with Crippen molar-refractivity contribution in [1.82, 2.24) is 10.2 Å². The number of benzene rings is 1. The van der Waals surface area contributed by atoms with Crippen LogP contribution in [0.5, 0.6) is 0 Å². The Morgan fingerprint density at radius 1 is 1.06 bits per heavy atom. The predicted molar refractivity (Wildman–Crippen MR) is 113 cm³/mol. The lowest BCUT2D eigenvalue weighted by Crippen LogP contribution is -2.54. The number of ether oxygens (including phenoxy) is 2. The van der Waals surface area contributed by atoms with Crippen molar-refractivity contribution in [1.29, 1.82) is 0 Å². The van der Waals surface area contributed by atoms with Gasteiger partial charge in [-0.3, -0.25) is 29.4 Å². The second-order valence-electron chi connectivity index (χ2n) is 8.01. The van der Waals surface area contributed by atoms with Gasteiger partial charge in [-0.2, -0.15) is 0 Å². The molecule has 0 aliphatic carbocycles. The molecule has 3 rings (SSSR count). The molecule has 4 amide bonds. The van der Waals surface area contributed by atoms with Crippen molar-refractivity contribution in [3.05, 3.63) is 29.3 Å². The molecule has 0 saturated carbocycles. The van der Waals surface area contributed by atoms with Crippen LogP contribution >= 0.6 is 0 Å². The van der Waals surface area contributed by atoms with E-state index in [1.165, 1.54) is 0 Å².